The van der Waals surface area contributed by atoms with Gasteiger partial charge in [-0.25, -0.2) is 15.0 Å². The predicted molar refractivity (Wildman–Crippen MR) is 98.5 cm³/mol. The molecule has 1 aliphatic heterocycles. The minimum atomic E-state index is -0.0762. The van der Waals surface area contributed by atoms with Gasteiger partial charge < -0.3 is 5.32 Å². The molecule has 1 saturated carbocycles. The monoisotopic (exact) mass is 383 g/mol. The molecule has 27 heavy (non-hydrogen) atoms. The van der Waals surface area contributed by atoms with Crippen LogP contribution >= 0.6 is 11.6 Å². The number of carbonyl (C=O) groups is 1. The summed E-state index contributed by atoms with van der Waals surface area (Å²) < 4.78 is 0. The summed E-state index contributed by atoms with van der Waals surface area (Å²) in [4.78, 5) is 26.4. The summed E-state index contributed by atoms with van der Waals surface area (Å²) in [7, 11) is 0. The van der Waals surface area contributed by atoms with Gasteiger partial charge in [-0.2, -0.15) is 5.26 Å². The van der Waals surface area contributed by atoms with Crippen LogP contribution in [0.4, 0.5) is 5.82 Å². The van der Waals surface area contributed by atoms with Gasteiger partial charge in [-0.1, -0.05) is 23.7 Å². The molecule has 2 heterocycles. The highest BCUT2D eigenvalue weighted by Crippen LogP contribution is 2.37. The van der Waals surface area contributed by atoms with Crippen LogP contribution < -0.4 is 5.32 Å². The lowest BCUT2D eigenvalue weighted by molar-refractivity contribution is -0.184. The lowest BCUT2D eigenvalue weighted by Gasteiger charge is -2.37. The third-order valence-electron chi connectivity index (χ3n) is 5.00. The van der Waals surface area contributed by atoms with Crippen LogP contribution in [0.3, 0.4) is 0 Å². The summed E-state index contributed by atoms with van der Waals surface area (Å²) in [6, 6.07) is 11.2. The first kappa shape index (κ1) is 17.7. The zero-order chi connectivity index (χ0) is 18.8. The first-order valence-electron chi connectivity index (χ1n) is 8.84. The van der Waals surface area contributed by atoms with Crippen molar-refractivity contribution >= 4 is 23.3 Å². The van der Waals surface area contributed by atoms with E-state index in [0.29, 0.717) is 36.0 Å². The highest BCUT2D eigenvalue weighted by molar-refractivity contribution is 6.30. The van der Waals surface area contributed by atoms with Crippen LogP contribution in [-0.2, 0) is 9.63 Å². The Kier molecular flexibility index (Phi) is 4.92. The number of benzene rings is 1. The average molecular weight is 384 g/mol. The summed E-state index contributed by atoms with van der Waals surface area (Å²) in [5.41, 5.74) is 1.35. The molecule has 7 nitrogen and oxygen atoms in total. The number of amides is 1. The smallest absolute Gasteiger partial charge is 0.249 e. The molecule has 1 saturated heterocycles. The number of halogens is 1. The van der Waals surface area contributed by atoms with E-state index in [9.17, 15) is 4.79 Å². The first-order chi connectivity index (χ1) is 13.1. The van der Waals surface area contributed by atoms with Crippen LogP contribution in [0.1, 0.15) is 36.6 Å². The molecule has 2 fully saturated rings. The molecule has 1 N–H and O–H groups in total. The second-order valence-corrected chi connectivity index (χ2v) is 7.20. The van der Waals surface area contributed by atoms with Gasteiger partial charge in [-0.15, -0.1) is 0 Å². The molecule has 1 aromatic carbocycles. The standard InChI is InChI=1S/C19H18ClN5O2/c20-14-3-1-12(2-4-14)17-5-6-27-25(17)19(26)13-7-15(8-13)24-18-9-16(10-21)22-11-23-18/h1-4,9,11,13,15,17H,5-8H2,(H,22,23,24). The fourth-order valence-electron chi connectivity index (χ4n) is 3.50. The predicted octanol–water partition coefficient (Wildman–Crippen LogP) is 3.10. The number of carbonyl (C=O) groups excluding carboxylic acids is 1. The van der Waals surface area contributed by atoms with Gasteiger partial charge in [0.05, 0.1) is 12.6 Å². The van der Waals surface area contributed by atoms with Crippen molar-refractivity contribution < 1.29 is 9.63 Å². The molecular weight excluding hydrogens is 366 g/mol. The second kappa shape index (κ2) is 7.51. The first-order valence-corrected chi connectivity index (χ1v) is 9.22. The van der Waals surface area contributed by atoms with Crippen LogP contribution in [0.15, 0.2) is 36.7 Å². The van der Waals surface area contributed by atoms with Gasteiger partial charge in [0.1, 0.15) is 23.9 Å². The van der Waals surface area contributed by atoms with Crippen molar-refractivity contribution in [1.82, 2.24) is 15.0 Å². The topological polar surface area (TPSA) is 91.1 Å². The molecule has 8 heteroatoms. The average Bonchev–Trinajstić information content (AvgIpc) is 3.14. The molecule has 2 aromatic rings. The maximum absolute atomic E-state index is 12.9. The normalized spacial score (nSPS) is 24.1. The van der Waals surface area contributed by atoms with E-state index in [2.05, 4.69) is 15.3 Å². The molecular formula is C19H18ClN5O2. The largest absolute Gasteiger partial charge is 0.367 e. The van der Waals surface area contributed by atoms with E-state index in [1.807, 2.05) is 30.3 Å². The molecule has 0 spiro atoms. The second-order valence-electron chi connectivity index (χ2n) is 6.76. The van der Waals surface area contributed by atoms with E-state index in [4.69, 9.17) is 21.7 Å². The number of nitriles is 1. The number of aromatic nitrogens is 2. The van der Waals surface area contributed by atoms with Crippen LogP contribution in [-0.4, -0.2) is 33.6 Å². The number of rotatable bonds is 4. The van der Waals surface area contributed by atoms with Crippen LogP contribution in [0.2, 0.25) is 5.02 Å². The van der Waals surface area contributed by atoms with Crippen molar-refractivity contribution in [2.45, 2.75) is 31.3 Å². The lowest BCUT2D eigenvalue weighted by atomic mass is 9.79. The highest BCUT2D eigenvalue weighted by Gasteiger charge is 2.41. The van der Waals surface area contributed by atoms with Crippen LogP contribution in [0.25, 0.3) is 0 Å². The summed E-state index contributed by atoms with van der Waals surface area (Å²) >= 11 is 5.96. The van der Waals surface area contributed by atoms with Crippen molar-refractivity contribution in [1.29, 1.82) is 5.26 Å². The van der Waals surface area contributed by atoms with E-state index in [-0.39, 0.29) is 23.9 Å². The van der Waals surface area contributed by atoms with Crippen molar-refractivity contribution in [3.05, 3.63) is 52.9 Å². The Morgan fingerprint density at radius 3 is 2.81 bits per heavy atom. The Morgan fingerprint density at radius 1 is 1.30 bits per heavy atom. The maximum atomic E-state index is 12.9. The Labute approximate surface area is 161 Å². The number of hydrogen-bond acceptors (Lipinski definition) is 6. The maximum Gasteiger partial charge on any atom is 0.249 e. The minimum absolute atomic E-state index is 0.0194. The van der Waals surface area contributed by atoms with E-state index < -0.39 is 0 Å². The Balaban J connectivity index is 1.35. The number of nitrogens with zero attached hydrogens (tertiary/aromatic N) is 4. The van der Waals surface area contributed by atoms with E-state index in [1.165, 1.54) is 11.4 Å². The molecule has 1 unspecified atom stereocenters. The summed E-state index contributed by atoms with van der Waals surface area (Å²) in [5, 5.41) is 14.4. The molecule has 1 atom stereocenters. The van der Waals surface area contributed by atoms with Crippen LogP contribution in [0, 0.1) is 17.2 Å². The Bertz CT molecular complexity index is 876. The fourth-order valence-corrected chi connectivity index (χ4v) is 3.62. The molecule has 1 aromatic heterocycles. The number of anilines is 1. The van der Waals surface area contributed by atoms with Gasteiger partial charge in [0, 0.05) is 29.5 Å². The quantitative estimate of drug-likeness (QED) is 0.872. The molecule has 1 amide bonds. The van der Waals surface area contributed by atoms with Crippen molar-refractivity contribution in [3.63, 3.8) is 0 Å². The number of hydrogen-bond donors (Lipinski definition) is 1. The Hall–Kier alpha value is -2.69. The zero-order valence-electron chi connectivity index (χ0n) is 14.5. The molecule has 138 valence electrons. The highest BCUT2D eigenvalue weighted by atomic mass is 35.5. The number of nitrogens with one attached hydrogen (secondary N) is 1. The summed E-state index contributed by atoms with van der Waals surface area (Å²) in [6.07, 6.45) is 3.55. The van der Waals surface area contributed by atoms with Gasteiger partial charge in [-0.3, -0.25) is 9.63 Å². The van der Waals surface area contributed by atoms with Gasteiger partial charge in [-0.05, 0) is 30.5 Å². The molecule has 2 aliphatic rings. The third kappa shape index (κ3) is 3.72. The zero-order valence-corrected chi connectivity index (χ0v) is 15.3. The van der Waals surface area contributed by atoms with Gasteiger partial charge in [0.15, 0.2) is 0 Å². The van der Waals surface area contributed by atoms with Crippen molar-refractivity contribution in [2.24, 2.45) is 5.92 Å². The van der Waals surface area contributed by atoms with Crippen molar-refractivity contribution in [3.8, 4) is 6.07 Å². The molecule has 0 bridgehead atoms. The van der Waals surface area contributed by atoms with Crippen molar-refractivity contribution in [2.75, 3.05) is 11.9 Å². The Morgan fingerprint density at radius 2 is 2.07 bits per heavy atom. The van der Waals surface area contributed by atoms with E-state index in [1.54, 1.807) is 6.07 Å². The molecule has 1 aliphatic carbocycles. The third-order valence-corrected chi connectivity index (χ3v) is 5.25. The van der Waals surface area contributed by atoms with E-state index in [0.717, 1.165) is 12.0 Å². The molecule has 0 radical (unpaired) electrons. The summed E-state index contributed by atoms with van der Waals surface area (Å²) in [5.74, 6) is 0.549. The lowest BCUT2D eigenvalue weighted by Crippen LogP contribution is -2.45. The van der Waals surface area contributed by atoms with Gasteiger partial charge >= 0.3 is 0 Å². The molecule has 4 rings (SSSR count). The fraction of sp³-hybridized carbons (Fsp3) is 0.368. The van der Waals surface area contributed by atoms with Crippen LogP contribution in [0.5, 0.6) is 0 Å². The number of hydroxylamine groups is 2. The van der Waals surface area contributed by atoms with Gasteiger partial charge in [0.25, 0.3) is 0 Å². The van der Waals surface area contributed by atoms with Gasteiger partial charge in [0.2, 0.25) is 5.91 Å². The minimum Gasteiger partial charge on any atom is -0.367 e. The summed E-state index contributed by atoms with van der Waals surface area (Å²) in [6.45, 7) is 0.533. The van der Waals surface area contributed by atoms with E-state index >= 15 is 0 Å². The SMILES string of the molecule is N#Cc1cc(NC2CC(C(=O)N3OCCC3c3ccc(Cl)cc3)C2)ncn1.